The van der Waals surface area contributed by atoms with Gasteiger partial charge in [-0.05, 0) is 32.9 Å². The van der Waals surface area contributed by atoms with Crippen molar-refractivity contribution in [2.45, 2.75) is 58.6 Å². The molecule has 1 aliphatic rings. The van der Waals surface area contributed by atoms with Gasteiger partial charge in [0, 0.05) is 11.9 Å². The van der Waals surface area contributed by atoms with Crippen LogP contribution in [0.1, 0.15) is 41.5 Å². The fourth-order valence-corrected chi connectivity index (χ4v) is 2.71. The maximum absolute atomic E-state index is 12.6. The molecular formula is C15H27BN2O2S. The molecular weight excluding hydrogens is 283 g/mol. The van der Waals surface area contributed by atoms with Crippen molar-refractivity contribution >= 4 is 30.7 Å². The van der Waals surface area contributed by atoms with Crippen molar-refractivity contribution < 1.29 is 9.53 Å². The van der Waals surface area contributed by atoms with Crippen LogP contribution in [-0.4, -0.2) is 54.9 Å². The number of amidine groups is 1. The van der Waals surface area contributed by atoms with Gasteiger partial charge in [0.05, 0.1) is 26.1 Å². The molecule has 118 valence electrons. The first kappa shape index (κ1) is 18.6. The molecule has 2 radical (unpaired) electrons. The second-order valence-electron chi connectivity index (χ2n) is 7.15. The fraction of sp³-hybridized carbons (Fsp3) is 0.867. The smallest absolute Gasteiger partial charge is 0.227 e. The van der Waals surface area contributed by atoms with Crippen LogP contribution in [0.3, 0.4) is 0 Å². The van der Waals surface area contributed by atoms with E-state index in [0.717, 1.165) is 5.17 Å². The average molecular weight is 310 g/mol. The lowest BCUT2D eigenvalue weighted by molar-refractivity contribution is -0.135. The van der Waals surface area contributed by atoms with Gasteiger partial charge in [0.15, 0.2) is 5.17 Å². The zero-order valence-electron chi connectivity index (χ0n) is 14.3. The Balaban J connectivity index is 2.97. The van der Waals surface area contributed by atoms with Gasteiger partial charge in [-0.25, -0.2) is 0 Å². The Bertz CT molecular complexity index is 416. The van der Waals surface area contributed by atoms with Crippen molar-refractivity contribution in [3.05, 3.63) is 0 Å². The zero-order chi connectivity index (χ0) is 16.4. The predicted octanol–water partition coefficient (Wildman–Crippen LogP) is 2.73. The van der Waals surface area contributed by atoms with Gasteiger partial charge in [-0.2, -0.15) is 0 Å². The van der Waals surface area contributed by atoms with Gasteiger partial charge >= 0.3 is 0 Å². The zero-order valence-corrected chi connectivity index (χ0v) is 15.1. The van der Waals surface area contributed by atoms with Crippen LogP contribution in [0.25, 0.3) is 0 Å². The molecule has 1 rings (SSSR count). The molecule has 1 aliphatic heterocycles. The number of hydrogen-bond donors (Lipinski definition) is 0. The number of carbonyl (C=O) groups is 1. The summed E-state index contributed by atoms with van der Waals surface area (Å²) in [5.41, 5.74) is -0.254. The summed E-state index contributed by atoms with van der Waals surface area (Å²) >= 11 is 1.47. The summed E-state index contributed by atoms with van der Waals surface area (Å²) < 4.78 is 6.11. The first-order valence-corrected chi connectivity index (χ1v) is 8.57. The number of ether oxygens (including phenoxy) is 1. The van der Waals surface area contributed by atoms with E-state index >= 15 is 0 Å². The standard InChI is InChI=1S/C15H27BN2O2S/c1-10(2)11(20-14(3,4)5)8-18-12(19)15(6,16)9-17-13(18)21-7/h10-11H,8-9H2,1-7H3. The maximum Gasteiger partial charge on any atom is 0.227 e. The summed E-state index contributed by atoms with van der Waals surface area (Å²) in [6.07, 6.45) is 1.87. The Morgan fingerprint density at radius 1 is 1.48 bits per heavy atom. The molecule has 1 amide bonds. The number of rotatable bonds is 4. The van der Waals surface area contributed by atoms with E-state index in [1.807, 2.05) is 27.0 Å². The predicted molar refractivity (Wildman–Crippen MR) is 91.1 cm³/mol. The highest BCUT2D eigenvalue weighted by Gasteiger charge is 2.39. The number of hydrogen-bond acceptors (Lipinski definition) is 4. The lowest BCUT2D eigenvalue weighted by Gasteiger charge is -2.39. The van der Waals surface area contributed by atoms with Crippen LogP contribution in [0.2, 0.25) is 5.31 Å². The fourth-order valence-electron chi connectivity index (χ4n) is 2.13. The lowest BCUT2D eigenvalue weighted by atomic mass is 9.69. The first-order chi connectivity index (χ1) is 9.48. The number of amides is 1. The van der Waals surface area contributed by atoms with E-state index in [2.05, 4.69) is 18.8 Å². The van der Waals surface area contributed by atoms with E-state index in [1.54, 1.807) is 11.8 Å². The first-order valence-electron chi connectivity index (χ1n) is 7.35. The summed E-state index contributed by atoms with van der Waals surface area (Å²) in [6, 6.07) is 0. The SMILES string of the molecule is [B]C1(C)CN=C(SC)N(CC(OC(C)(C)C)C(C)C)C1=O. The highest BCUT2D eigenvalue weighted by atomic mass is 32.2. The summed E-state index contributed by atoms with van der Waals surface area (Å²) in [5, 5.41) is -0.200. The van der Waals surface area contributed by atoms with E-state index in [4.69, 9.17) is 12.6 Å². The molecule has 0 aromatic carbocycles. The van der Waals surface area contributed by atoms with E-state index < -0.39 is 5.31 Å². The van der Waals surface area contributed by atoms with Crippen molar-refractivity contribution in [1.82, 2.24) is 4.90 Å². The third-order valence-corrected chi connectivity index (χ3v) is 4.02. The largest absolute Gasteiger partial charge is 0.371 e. The number of thioether (sulfide) groups is 1. The van der Waals surface area contributed by atoms with Crippen molar-refractivity contribution in [2.75, 3.05) is 19.3 Å². The second-order valence-corrected chi connectivity index (χ2v) is 7.92. The van der Waals surface area contributed by atoms with Gasteiger partial charge in [-0.1, -0.05) is 32.5 Å². The topological polar surface area (TPSA) is 41.9 Å². The van der Waals surface area contributed by atoms with Crippen LogP contribution in [-0.2, 0) is 9.53 Å². The molecule has 0 aromatic rings. The number of aliphatic imine (C=N–C) groups is 1. The second kappa shape index (κ2) is 6.74. The van der Waals surface area contributed by atoms with Crippen molar-refractivity contribution in [2.24, 2.45) is 10.9 Å². The molecule has 21 heavy (non-hydrogen) atoms. The summed E-state index contributed by atoms with van der Waals surface area (Å²) in [7, 11) is 6.06. The minimum absolute atomic E-state index is 0.0554. The molecule has 0 saturated heterocycles. The average Bonchev–Trinajstić information content (AvgIpc) is 2.32. The normalized spacial score (nSPS) is 25.2. The molecule has 0 bridgehead atoms. The van der Waals surface area contributed by atoms with Gasteiger partial charge in [0.2, 0.25) is 5.91 Å². The molecule has 4 nitrogen and oxygen atoms in total. The molecule has 0 spiro atoms. The van der Waals surface area contributed by atoms with Crippen molar-refractivity contribution in [3.8, 4) is 0 Å². The Kier molecular flexibility index (Phi) is 5.95. The summed E-state index contributed by atoms with van der Waals surface area (Å²) in [4.78, 5) is 18.7. The van der Waals surface area contributed by atoms with E-state index in [1.165, 1.54) is 11.8 Å². The highest BCUT2D eigenvalue weighted by molar-refractivity contribution is 8.13. The molecule has 0 saturated carbocycles. The third-order valence-electron chi connectivity index (χ3n) is 3.30. The molecule has 1 heterocycles. The lowest BCUT2D eigenvalue weighted by Crippen LogP contribution is -2.51. The molecule has 0 aliphatic carbocycles. The Morgan fingerprint density at radius 3 is 2.48 bits per heavy atom. The minimum atomic E-state index is -0.928. The van der Waals surface area contributed by atoms with Crippen LogP contribution in [0.15, 0.2) is 4.99 Å². The van der Waals surface area contributed by atoms with Crippen LogP contribution in [0.4, 0.5) is 0 Å². The summed E-state index contributed by atoms with van der Waals surface area (Å²) in [5.74, 6) is 0.219. The molecule has 2 unspecified atom stereocenters. The van der Waals surface area contributed by atoms with Crippen molar-refractivity contribution in [1.29, 1.82) is 0 Å². The quantitative estimate of drug-likeness (QED) is 0.750. The van der Waals surface area contributed by atoms with Crippen molar-refractivity contribution in [3.63, 3.8) is 0 Å². The van der Waals surface area contributed by atoms with Gasteiger partial charge in [-0.15, -0.1) is 0 Å². The number of carbonyl (C=O) groups excluding carboxylic acids is 1. The Morgan fingerprint density at radius 2 is 2.05 bits per heavy atom. The van der Waals surface area contributed by atoms with Gasteiger partial charge in [-0.3, -0.25) is 14.7 Å². The van der Waals surface area contributed by atoms with E-state index in [0.29, 0.717) is 19.0 Å². The molecule has 0 aromatic heterocycles. The Labute approximate surface area is 134 Å². The van der Waals surface area contributed by atoms with Crippen LogP contribution < -0.4 is 0 Å². The maximum atomic E-state index is 12.6. The van der Waals surface area contributed by atoms with Crippen LogP contribution >= 0.6 is 11.8 Å². The molecule has 0 N–H and O–H groups in total. The molecule has 6 heteroatoms. The highest BCUT2D eigenvalue weighted by Crippen LogP contribution is 2.31. The van der Waals surface area contributed by atoms with Crippen LogP contribution in [0, 0.1) is 5.92 Å². The van der Waals surface area contributed by atoms with Gasteiger partial charge < -0.3 is 4.74 Å². The Hall–Kier alpha value is -0.485. The van der Waals surface area contributed by atoms with E-state index in [-0.39, 0.29) is 17.6 Å². The third kappa shape index (κ3) is 5.03. The monoisotopic (exact) mass is 310 g/mol. The van der Waals surface area contributed by atoms with E-state index in [9.17, 15) is 4.79 Å². The minimum Gasteiger partial charge on any atom is -0.371 e. The van der Waals surface area contributed by atoms with Gasteiger partial charge in [0.1, 0.15) is 0 Å². The molecule has 0 fully saturated rings. The molecule has 2 atom stereocenters. The van der Waals surface area contributed by atoms with Gasteiger partial charge in [0.25, 0.3) is 0 Å². The van der Waals surface area contributed by atoms with Crippen LogP contribution in [0.5, 0.6) is 0 Å². The number of nitrogens with zero attached hydrogens (tertiary/aromatic N) is 2. The summed E-state index contributed by atoms with van der Waals surface area (Å²) in [6.45, 7) is 12.8.